The fourth-order valence-electron chi connectivity index (χ4n) is 2.64. The van der Waals surface area contributed by atoms with E-state index in [-0.39, 0.29) is 16.7 Å². The number of rotatable bonds is 8. The minimum Gasteiger partial charge on any atom is -0.484 e. The average molecular weight is 465 g/mol. The zero-order chi connectivity index (χ0) is 21.7. The van der Waals surface area contributed by atoms with E-state index in [1.807, 2.05) is 12.1 Å². The molecule has 0 spiro atoms. The summed E-state index contributed by atoms with van der Waals surface area (Å²) in [6.07, 6.45) is 0. The van der Waals surface area contributed by atoms with Crippen LogP contribution in [0, 0.1) is 0 Å². The van der Waals surface area contributed by atoms with Crippen molar-refractivity contribution in [3.8, 4) is 5.75 Å². The second-order valence-electron chi connectivity index (χ2n) is 6.56. The number of sulfonamides is 1. The maximum atomic E-state index is 12.6. The molecule has 0 saturated carbocycles. The Morgan fingerprint density at radius 3 is 2.30 bits per heavy atom. The van der Waals surface area contributed by atoms with Crippen molar-refractivity contribution < 1.29 is 17.9 Å². The van der Waals surface area contributed by atoms with Crippen molar-refractivity contribution >= 4 is 44.6 Å². The van der Waals surface area contributed by atoms with Gasteiger partial charge in [0.2, 0.25) is 0 Å². The van der Waals surface area contributed by atoms with E-state index < -0.39 is 10.0 Å². The predicted molar refractivity (Wildman–Crippen MR) is 120 cm³/mol. The first-order valence-electron chi connectivity index (χ1n) is 9.01. The maximum Gasteiger partial charge on any atom is 0.273 e. The van der Waals surface area contributed by atoms with Gasteiger partial charge in [-0.15, -0.1) is 11.3 Å². The topological polar surface area (TPSA) is 66.9 Å². The molecule has 0 N–H and O–H groups in total. The van der Waals surface area contributed by atoms with Gasteiger partial charge in [-0.25, -0.2) is 8.42 Å². The first-order chi connectivity index (χ1) is 14.3. The van der Waals surface area contributed by atoms with E-state index in [0.717, 1.165) is 5.56 Å². The molecular formula is C21H21ClN2O4S2. The zero-order valence-corrected chi connectivity index (χ0v) is 18.9. The molecule has 0 fully saturated rings. The second-order valence-corrected chi connectivity index (χ2v) is 10.1. The van der Waals surface area contributed by atoms with Gasteiger partial charge in [0.05, 0.1) is 5.69 Å². The van der Waals surface area contributed by atoms with E-state index in [2.05, 4.69) is 0 Å². The largest absolute Gasteiger partial charge is 0.484 e. The van der Waals surface area contributed by atoms with Crippen LogP contribution in [0.2, 0.25) is 5.02 Å². The highest BCUT2D eigenvalue weighted by atomic mass is 35.5. The Kier molecular flexibility index (Phi) is 7.02. The van der Waals surface area contributed by atoms with Crippen molar-refractivity contribution in [1.82, 2.24) is 4.90 Å². The van der Waals surface area contributed by atoms with Crippen LogP contribution in [-0.4, -0.2) is 39.9 Å². The van der Waals surface area contributed by atoms with E-state index in [4.69, 9.17) is 16.3 Å². The van der Waals surface area contributed by atoms with Gasteiger partial charge in [0.1, 0.15) is 9.96 Å². The molecule has 0 bridgehead atoms. The molecule has 1 heterocycles. The fourth-order valence-corrected chi connectivity index (χ4v) is 5.13. The lowest BCUT2D eigenvalue weighted by atomic mass is 10.2. The molecule has 0 atom stereocenters. The van der Waals surface area contributed by atoms with E-state index in [9.17, 15) is 13.2 Å². The number of amides is 1. The lowest BCUT2D eigenvalue weighted by molar-refractivity contribution is -0.132. The van der Waals surface area contributed by atoms with Crippen molar-refractivity contribution in [3.63, 3.8) is 0 Å². The van der Waals surface area contributed by atoms with Crippen LogP contribution in [0.15, 0.2) is 70.3 Å². The number of nitrogens with zero attached hydrogens (tertiary/aromatic N) is 2. The highest BCUT2D eigenvalue weighted by Gasteiger charge is 2.22. The van der Waals surface area contributed by atoms with E-state index >= 15 is 0 Å². The van der Waals surface area contributed by atoms with Gasteiger partial charge in [0, 0.05) is 25.7 Å². The molecule has 30 heavy (non-hydrogen) atoms. The Morgan fingerprint density at radius 2 is 1.70 bits per heavy atom. The minimum absolute atomic E-state index is 0.118. The minimum atomic E-state index is -3.59. The van der Waals surface area contributed by atoms with Gasteiger partial charge in [-0.1, -0.05) is 29.8 Å². The highest BCUT2D eigenvalue weighted by molar-refractivity contribution is 7.94. The quantitative estimate of drug-likeness (QED) is 0.499. The van der Waals surface area contributed by atoms with Crippen LogP contribution in [0.3, 0.4) is 0 Å². The van der Waals surface area contributed by atoms with E-state index in [1.165, 1.54) is 22.7 Å². The van der Waals surface area contributed by atoms with E-state index in [0.29, 0.717) is 23.0 Å². The summed E-state index contributed by atoms with van der Waals surface area (Å²) in [6.45, 7) is 0.330. The number of carbonyl (C=O) groups excluding carboxylic acids is 1. The molecule has 2 aromatic carbocycles. The van der Waals surface area contributed by atoms with Crippen LogP contribution in [0.1, 0.15) is 5.56 Å². The number of hydrogen-bond donors (Lipinski definition) is 0. The monoisotopic (exact) mass is 464 g/mol. The number of thiophene rings is 1. The smallest absolute Gasteiger partial charge is 0.273 e. The number of anilines is 1. The standard InChI is InChI=1S/C21H21ClN2O4S2/c1-23(14-16-5-7-17(22)8-6-16)20(25)15-28-19-11-9-18(10-12-19)24(2)30(26,27)21-4-3-13-29-21/h3-13H,14-15H2,1-2H3. The summed E-state index contributed by atoms with van der Waals surface area (Å²) in [5.41, 5.74) is 1.47. The first kappa shape index (κ1) is 22.1. The summed E-state index contributed by atoms with van der Waals surface area (Å²) in [5, 5.41) is 2.37. The Labute approximate surface area is 185 Å². The molecule has 0 radical (unpaired) electrons. The van der Waals surface area contributed by atoms with Crippen molar-refractivity contribution in [2.75, 3.05) is 25.0 Å². The molecule has 3 aromatic rings. The fraction of sp³-hybridized carbons (Fsp3) is 0.190. The van der Waals surface area contributed by atoms with Crippen molar-refractivity contribution in [2.45, 2.75) is 10.8 Å². The molecule has 0 aliphatic carbocycles. The van der Waals surface area contributed by atoms with Crippen LogP contribution >= 0.6 is 22.9 Å². The summed E-state index contributed by atoms with van der Waals surface area (Å²) in [5.74, 6) is 0.306. The molecule has 1 amide bonds. The molecule has 3 rings (SSSR count). The third-order valence-electron chi connectivity index (χ3n) is 4.43. The van der Waals surface area contributed by atoms with Crippen LogP contribution in [0.4, 0.5) is 5.69 Å². The van der Waals surface area contributed by atoms with Gasteiger partial charge in [-0.05, 0) is 53.4 Å². The van der Waals surface area contributed by atoms with Crippen molar-refractivity contribution in [1.29, 1.82) is 0 Å². The van der Waals surface area contributed by atoms with Gasteiger partial charge in [0.25, 0.3) is 15.9 Å². The Bertz CT molecular complexity index is 1080. The molecule has 6 nitrogen and oxygen atoms in total. The Hall–Kier alpha value is -2.55. The van der Waals surface area contributed by atoms with Crippen molar-refractivity contribution in [2.24, 2.45) is 0 Å². The van der Waals surface area contributed by atoms with Crippen LogP contribution < -0.4 is 9.04 Å². The zero-order valence-electron chi connectivity index (χ0n) is 16.5. The SMILES string of the molecule is CN(Cc1ccc(Cl)cc1)C(=O)COc1ccc(N(C)S(=O)(=O)c2cccs2)cc1. The second kappa shape index (κ2) is 9.51. The molecule has 1 aromatic heterocycles. The maximum absolute atomic E-state index is 12.6. The third-order valence-corrected chi connectivity index (χ3v) is 7.84. The number of likely N-dealkylation sites (N-methyl/N-ethyl adjacent to an activating group) is 1. The van der Waals surface area contributed by atoms with Crippen LogP contribution in [-0.2, 0) is 21.4 Å². The molecule has 0 aliphatic rings. The summed E-state index contributed by atoms with van der Waals surface area (Å²) < 4.78 is 32.2. The van der Waals surface area contributed by atoms with Gasteiger partial charge in [-0.3, -0.25) is 9.10 Å². The van der Waals surface area contributed by atoms with E-state index in [1.54, 1.807) is 65.9 Å². The normalized spacial score (nSPS) is 11.2. The first-order valence-corrected chi connectivity index (χ1v) is 11.7. The average Bonchev–Trinajstić information content (AvgIpc) is 3.29. The Balaban J connectivity index is 1.56. The van der Waals surface area contributed by atoms with Gasteiger partial charge >= 0.3 is 0 Å². The van der Waals surface area contributed by atoms with Gasteiger partial charge < -0.3 is 9.64 Å². The number of carbonyl (C=O) groups is 1. The number of benzene rings is 2. The summed E-state index contributed by atoms with van der Waals surface area (Å²) in [4.78, 5) is 13.9. The molecular weight excluding hydrogens is 444 g/mol. The third kappa shape index (κ3) is 5.33. The highest BCUT2D eigenvalue weighted by Crippen LogP contribution is 2.26. The number of halogens is 1. The van der Waals surface area contributed by atoms with Crippen molar-refractivity contribution in [3.05, 3.63) is 76.6 Å². The molecule has 0 saturated heterocycles. The molecule has 9 heteroatoms. The molecule has 0 aliphatic heterocycles. The van der Waals surface area contributed by atoms with Crippen LogP contribution in [0.5, 0.6) is 5.75 Å². The number of hydrogen-bond acceptors (Lipinski definition) is 5. The van der Waals surface area contributed by atoms with Gasteiger partial charge in [-0.2, -0.15) is 0 Å². The molecule has 0 unspecified atom stereocenters. The predicted octanol–water partition coefficient (Wildman–Crippen LogP) is 4.26. The molecule has 158 valence electrons. The summed E-state index contributed by atoms with van der Waals surface area (Å²) in [7, 11) is -0.387. The number of ether oxygens (including phenoxy) is 1. The lowest BCUT2D eigenvalue weighted by Gasteiger charge is -2.19. The Morgan fingerprint density at radius 1 is 1.03 bits per heavy atom. The van der Waals surface area contributed by atoms with Gasteiger partial charge in [0.15, 0.2) is 6.61 Å². The lowest BCUT2D eigenvalue weighted by Crippen LogP contribution is -2.31. The summed E-state index contributed by atoms with van der Waals surface area (Å²) in [6, 6.07) is 17.1. The van der Waals surface area contributed by atoms with Crippen LogP contribution in [0.25, 0.3) is 0 Å². The summed E-state index contributed by atoms with van der Waals surface area (Å²) >= 11 is 7.04.